The van der Waals surface area contributed by atoms with Gasteiger partial charge < -0.3 is 32.4 Å². The maximum atomic E-state index is 13.2. The third-order valence-corrected chi connectivity index (χ3v) is 6.25. The first-order chi connectivity index (χ1) is 18.5. The van der Waals surface area contributed by atoms with E-state index in [4.69, 9.17) is 25.2 Å². The Morgan fingerprint density at radius 3 is 1.68 bits per heavy atom. The fraction of sp³-hybridized carbons (Fsp3) is 0.667. The fourth-order valence-corrected chi connectivity index (χ4v) is 3.14. The van der Waals surface area contributed by atoms with Crippen molar-refractivity contribution in [1.82, 2.24) is 10.2 Å². The minimum atomic E-state index is -1.06. The van der Waals surface area contributed by atoms with Crippen LogP contribution in [0.4, 0.5) is 0 Å². The number of rotatable bonds is 12. The molecule has 14 nitrogen and oxygen atoms in total. The number of aliphatic carboxylic acids is 1. The van der Waals surface area contributed by atoms with Gasteiger partial charge in [-0.2, -0.15) is 0 Å². The number of primary amides is 3. The number of carboxylic acid groups (broad SMARTS) is 1. The Morgan fingerprint density at radius 1 is 0.951 bits per heavy atom. The molecule has 0 fully saturated rings. The molecule has 0 saturated heterocycles. The van der Waals surface area contributed by atoms with Crippen LogP contribution in [0.15, 0.2) is 12.2 Å². The van der Waals surface area contributed by atoms with Crippen molar-refractivity contribution in [2.75, 3.05) is 6.61 Å². The Morgan fingerprint density at radius 2 is 1.34 bits per heavy atom. The molecule has 6 amide bonds. The maximum Gasteiger partial charge on any atom is 0.303 e. The van der Waals surface area contributed by atoms with Crippen LogP contribution in [-0.2, 0) is 38.3 Å². The topological polar surface area (TPSA) is 242 Å². The number of nitrogens with one attached hydrogen (secondary N) is 1. The van der Waals surface area contributed by atoms with Gasteiger partial charge in [0.15, 0.2) is 0 Å². The number of carbonyl (C=O) groups is 7. The van der Waals surface area contributed by atoms with E-state index in [0.717, 1.165) is 4.90 Å². The summed E-state index contributed by atoms with van der Waals surface area (Å²) in [6, 6.07) is 0. The SMILES string of the molecule is CC(C)(COC(C)(C)CCCC(N)=O)NC(=O)C(C)(C)C(C)(C)N1C(=O)C=CC1=O.CCC(=O)O.NC=O.NC=O. The molecule has 0 saturated carbocycles. The van der Waals surface area contributed by atoms with Crippen LogP contribution in [0.3, 0.4) is 0 Å². The molecule has 8 N–H and O–H groups in total. The molecular weight excluding hydrogens is 538 g/mol. The lowest BCUT2D eigenvalue weighted by atomic mass is 9.72. The summed E-state index contributed by atoms with van der Waals surface area (Å²) in [5.41, 5.74) is 10.2. The van der Waals surface area contributed by atoms with Crippen LogP contribution in [0, 0.1) is 5.41 Å². The highest BCUT2D eigenvalue weighted by Gasteiger charge is 2.52. The number of carbonyl (C=O) groups excluding carboxylic acids is 6. The molecule has 0 aromatic heterocycles. The van der Waals surface area contributed by atoms with Crippen LogP contribution >= 0.6 is 0 Å². The summed E-state index contributed by atoms with van der Waals surface area (Å²) in [4.78, 5) is 76.1. The summed E-state index contributed by atoms with van der Waals surface area (Å²) in [5.74, 6) is -2.23. The highest BCUT2D eigenvalue weighted by molar-refractivity contribution is 6.14. The second kappa shape index (κ2) is 18.5. The van der Waals surface area contributed by atoms with E-state index in [1.54, 1.807) is 34.6 Å². The Labute approximate surface area is 242 Å². The highest BCUT2D eigenvalue weighted by atomic mass is 16.5. The smallest absolute Gasteiger partial charge is 0.303 e. The van der Waals surface area contributed by atoms with Crippen molar-refractivity contribution < 1.29 is 43.4 Å². The number of hydrogen-bond donors (Lipinski definition) is 5. The second-order valence-electron chi connectivity index (χ2n) is 11.3. The lowest BCUT2D eigenvalue weighted by Crippen LogP contribution is -2.63. The molecule has 1 aliphatic rings. The van der Waals surface area contributed by atoms with Gasteiger partial charge in [0.1, 0.15) is 0 Å². The molecule has 0 aliphatic carbocycles. The first-order valence-corrected chi connectivity index (χ1v) is 12.9. The lowest BCUT2D eigenvalue weighted by Gasteiger charge is -2.46. The first-order valence-electron chi connectivity index (χ1n) is 12.9. The molecule has 1 rings (SSSR count). The molecule has 0 aromatic rings. The van der Waals surface area contributed by atoms with E-state index in [2.05, 4.69) is 16.8 Å². The van der Waals surface area contributed by atoms with Gasteiger partial charge in [-0.25, -0.2) is 0 Å². The van der Waals surface area contributed by atoms with Crippen LogP contribution in [0.1, 0.15) is 88.0 Å². The van der Waals surface area contributed by atoms with Crippen molar-refractivity contribution in [1.29, 1.82) is 0 Å². The minimum absolute atomic E-state index is 0.222. The summed E-state index contributed by atoms with van der Waals surface area (Å²) in [5, 5.41) is 10.7. The van der Waals surface area contributed by atoms with E-state index in [-0.39, 0.29) is 37.7 Å². The number of amides is 6. The zero-order valence-corrected chi connectivity index (χ0v) is 25.7. The zero-order valence-electron chi connectivity index (χ0n) is 25.7. The summed E-state index contributed by atoms with van der Waals surface area (Å²) < 4.78 is 6.01. The average Bonchev–Trinajstić information content (AvgIpc) is 3.17. The molecule has 236 valence electrons. The van der Waals surface area contributed by atoms with E-state index in [9.17, 15) is 24.0 Å². The summed E-state index contributed by atoms with van der Waals surface area (Å²) >= 11 is 0. The van der Waals surface area contributed by atoms with Crippen molar-refractivity contribution in [3.63, 3.8) is 0 Å². The quantitative estimate of drug-likeness (QED) is 0.159. The van der Waals surface area contributed by atoms with Gasteiger partial charge in [0, 0.05) is 25.0 Å². The van der Waals surface area contributed by atoms with Crippen LogP contribution in [0.5, 0.6) is 0 Å². The van der Waals surface area contributed by atoms with Gasteiger partial charge in [0.05, 0.1) is 28.7 Å². The number of hydrogen-bond acceptors (Lipinski definition) is 8. The molecule has 0 radical (unpaired) electrons. The number of nitrogens with two attached hydrogens (primary N) is 3. The number of ether oxygens (including phenoxy) is 1. The molecule has 0 unspecified atom stereocenters. The van der Waals surface area contributed by atoms with Crippen LogP contribution < -0.4 is 22.5 Å². The van der Waals surface area contributed by atoms with E-state index < -0.39 is 39.9 Å². The molecule has 14 heteroatoms. The van der Waals surface area contributed by atoms with Crippen molar-refractivity contribution in [3.05, 3.63) is 12.2 Å². The third kappa shape index (κ3) is 16.1. The summed E-state index contributed by atoms with van der Waals surface area (Å²) in [7, 11) is 0. The Kier molecular flexibility index (Phi) is 18.8. The van der Waals surface area contributed by atoms with Gasteiger partial charge in [-0.05, 0) is 68.2 Å². The lowest BCUT2D eigenvalue weighted by molar-refractivity contribution is -0.154. The van der Waals surface area contributed by atoms with E-state index in [1.807, 2.05) is 27.7 Å². The maximum absolute atomic E-state index is 13.2. The largest absolute Gasteiger partial charge is 0.481 e. The standard InChI is InChI=1S/C22H37N3O5.C3H6O2.2CH3NO/c1-19(2,14-30-20(3,4)13-9-10-15(23)26)24-18(29)21(5,6)22(7,8)25-16(27)11-12-17(25)28;1-2-3(4)5;2*2-1-3/h11-12H,9-10,13-14H2,1-8H3,(H2,23,26)(H,24,29);2H2,1H3,(H,4,5);2*1H,(H2,2,3). The molecule has 0 atom stereocenters. The van der Waals surface area contributed by atoms with Gasteiger partial charge in [-0.1, -0.05) is 6.92 Å². The van der Waals surface area contributed by atoms with Gasteiger partial charge in [0.25, 0.3) is 11.8 Å². The van der Waals surface area contributed by atoms with Gasteiger partial charge >= 0.3 is 5.97 Å². The molecular formula is C27H49N5O9. The number of nitrogens with zero attached hydrogens (tertiary/aromatic N) is 1. The van der Waals surface area contributed by atoms with Crippen molar-refractivity contribution >= 4 is 42.4 Å². The normalized spacial score (nSPS) is 13.0. The predicted octanol–water partition coefficient (Wildman–Crippen LogP) is 0.746. The van der Waals surface area contributed by atoms with Crippen molar-refractivity contribution in [2.45, 2.75) is 105 Å². The second-order valence-corrected chi connectivity index (χ2v) is 11.3. The molecule has 0 bridgehead atoms. The van der Waals surface area contributed by atoms with Gasteiger partial charge in [-0.3, -0.25) is 38.5 Å². The summed E-state index contributed by atoms with van der Waals surface area (Å²) in [6.07, 6.45) is 4.75. The molecule has 0 spiro atoms. The Hall–Kier alpha value is -3.81. The number of imide groups is 1. The molecule has 41 heavy (non-hydrogen) atoms. The Balaban J connectivity index is -0.00000112. The third-order valence-electron chi connectivity index (χ3n) is 6.25. The zero-order chi connectivity index (χ0) is 33.2. The summed E-state index contributed by atoms with van der Waals surface area (Å²) in [6.45, 7) is 16.2. The van der Waals surface area contributed by atoms with Crippen LogP contribution in [0.2, 0.25) is 0 Å². The molecule has 1 aliphatic heterocycles. The Bertz CT molecular complexity index is 917. The predicted molar refractivity (Wildman–Crippen MR) is 153 cm³/mol. The first kappa shape index (κ1) is 41.7. The minimum Gasteiger partial charge on any atom is -0.481 e. The van der Waals surface area contributed by atoms with E-state index in [1.165, 1.54) is 12.2 Å². The number of carboxylic acids is 1. The monoisotopic (exact) mass is 587 g/mol. The van der Waals surface area contributed by atoms with Crippen molar-refractivity contribution in [2.24, 2.45) is 22.6 Å². The molecule has 0 aromatic carbocycles. The van der Waals surface area contributed by atoms with Crippen LogP contribution in [-0.4, -0.2) is 75.7 Å². The van der Waals surface area contributed by atoms with Gasteiger partial charge in [-0.15, -0.1) is 0 Å². The highest BCUT2D eigenvalue weighted by Crippen LogP contribution is 2.38. The van der Waals surface area contributed by atoms with Crippen LogP contribution in [0.25, 0.3) is 0 Å². The fourth-order valence-electron chi connectivity index (χ4n) is 3.14. The van der Waals surface area contributed by atoms with Gasteiger partial charge in [0.2, 0.25) is 24.6 Å². The van der Waals surface area contributed by atoms with E-state index >= 15 is 0 Å². The van der Waals surface area contributed by atoms with Crippen molar-refractivity contribution in [3.8, 4) is 0 Å². The van der Waals surface area contributed by atoms with E-state index in [0.29, 0.717) is 19.3 Å². The average molecular weight is 588 g/mol. The molecule has 1 heterocycles.